The van der Waals surface area contributed by atoms with Crippen molar-refractivity contribution < 1.29 is 0 Å². The summed E-state index contributed by atoms with van der Waals surface area (Å²) in [7, 11) is 2.01. The molecule has 0 bridgehead atoms. The van der Waals surface area contributed by atoms with Crippen LogP contribution in [0.15, 0.2) is 48.0 Å². The maximum Gasteiger partial charge on any atom is 0.0809 e. The molecule has 1 unspecified atom stereocenters. The number of benzene rings is 1. The smallest absolute Gasteiger partial charge is 0.0809 e. The fourth-order valence-corrected chi connectivity index (χ4v) is 3.19. The summed E-state index contributed by atoms with van der Waals surface area (Å²) in [4.78, 5) is 4.54. The molecular weight excluding hydrogens is 264 g/mol. The van der Waals surface area contributed by atoms with Crippen molar-refractivity contribution in [1.82, 2.24) is 10.3 Å². The minimum Gasteiger partial charge on any atom is -0.313 e. The summed E-state index contributed by atoms with van der Waals surface area (Å²) in [6.07, 6.45) is 2.97. The Morgan fingerprint density at radius 1 is 1.20 bits per heavy atom. The molecule has 0 saturated carbocycles. The molecule has 1 N–H and O–H groups in total. The molecule has 0 saturated heterocycles. The molecule has 0 amide bonds. The largest absolute Gasteiger partial charge is 0.313 e. The van der Waals surface area contributed by atoms with Crippen LogP contribution in [0.4, 0.5) is 0 Å². The Kier molecular flexibility index (Phi) is 3.81. The van der Waals surface area contributed by atoms with Crippen molar-refractivity contribution in [2.24, 2.45) is 0 Å². The average Bonchev–Trinajstić information content (AvgIpc) is 2.94. The van der Waals surface area contributed by atoms with Crippen LogP contribution in [0.5, 0.6) is 0 Å². The van der Waals surface area contributed by atoms with Crippen LogP contribution in [0.3, 0.4) is 0 Å². The number of aryl methyl sites for hydroxylation is 1. The predicted octanol–water partition coefficient (Wildman–Crippen LogP) is 4.11. The van der Waals surface area contributed by atoms with Crippen LogP contribution in [0, 0.1) is 6.92 Å². The number of nitrogens with one attached hydrogen (secondary N) is 1. The fourth-order valence-electron chi connectivity index (χ4n) is 2.40. The first-order chi connectivity index (χ1) is 9.76. The molecule has 0 aliphatic heterocycles. The van der Waals surface area contributed by atoms with Crippen LogP contribution in [0.1, 0.15) is 22.7 Å². The van der Waals surface area contributed by atoms with Crippen molar-refractivity contribution in [3.63, 3.8) is 0 Å². The van der Waals surface area contributed by atoms with E-state index in [4.69, 9.17) is 0 Å². The molecular formula is C17H18N2S. The van der Waals surface area contributed by atoms with Crippen LogP contribution in [-0.2, 0) is 6.42 Å². The number of pyridine rings is 1. The number of thiophene rings is 1. The van der Waals surface area contributed by atoms with Crippen LogP contribution >= 0.6 is 11.3 Å². The van der Waals surface area contributed by atoms with Crippen LogP contribution in [0.2, 0.25) is 0 Å². The number of rotatable bonds is 4. The minimum absolute atomic E-state index is 0.303. The zero-order valence-electron chi connectivity index (χ0n) is 11.8. The Morgan fingerprint density at radius 3 is 2.75 bits per heavy atom. The summed E-state index contributed by atoms with van der Waals surface area (Å²) in [5, 5.41) is 5.50. The highest BCUT2D eigenvalue weighted by Crippen LogP contribution is 2.24. The van der Waals surface area contributed by atoms with Gasteiger partial charge >= 0.3 is 0 Å². The second-order valence-corrected chi connectivity index (χ2v) is 6.05. The number of likely N-dealkylation sites (N-methyl/N-ethyl adjacent to an activating group) is 1. The zero-order chi connectivity index (χ0) is 13.9. The first kappa shape index (κ1) is 13.3. The van der Waals surface area contributed by atoms with E-state index in [1.165, 1.54) is 21.4 Å². The van der Waals surface area contributed by atoms with E-state index in [9.17, 15) is 0 Å². The molecule has 0 aliphatic carbocycles. The van der Waals surface area contributed by atoms with E-state index < -0.39 is 0 Å². The highest BCUT2D eigenvalue weighted by molar-refractivity contribution is 7.17. The standard InChI is InChI=1S/C17H18N2S/c1-12-3-5-13(6-4-12)9-16(18-2)14-10-17-15(19-11-14)7-8-20-17/h3-8,10-11,16,18H,9H2,1-2H3. The van der Waals surface area contributed by atoms with Gasteiger partial charge in [0.1, 0.15) is 0 Å². The maximum absolute atomic E-state index is 4.54. The van der Waals surface area contributed by atoms with Gasteiger partial charge in [0, 0.05) is 12.2 Å². The van der Waals surface area contributed by atoms with Crippen molar-refractivity contribution in [2.45, 2.75) is 19.4 Å². The molecule has 2 nitrogen and oxygen atoms in total. The lowest BCUT2D eigenvalue weighted by Crippen LogP contribution is -2.19. The lowest BCUT2D eigenvalue weighted by atomic mass is 9.99. The summed E-state index contributed by atoms with van der Waals surface area (Å²) in [5.41, 5.74) is 4.99. The molecule has 0 radical (unpaired) electrons. The Labute approximate surface area is 123 Å². The van der Waals surface area contributed by atoms with Crippen LogP contribution < -0.4 is 5.32 Å². The number of hydrogen-bond acceptors (Lipinski definition) is 3. The van der Waals surface area contributed by atoms with Gasteiger partial charge in [-0.15, -0.1) is 11.3 Å². The van der Waals surface area contributed by atoms with E-state index >= 15 is 0 Å². The van der Waals surface area contributed by atoms with Crippen molar-refractivity contribution in [3.8, 4) is 0 Å². The van der Waals surface area contributed by atoms with E-state index in [1.807, 2.05) is 13.2 Å². The van der Waals surface area contributed by atoms with Gasteiger partial charge in [-0.3, -0.25) is 4.98 Å². The minimum atomic E-state index is 0.303. The van der Waals surface area contributed by atoms with Crippen molar-refractivity contribution >= 4 is 21.6 Å². The monoisotopic (exact) mass is 282 g/mol. The highest BCUT2D eigenvalue weighted by Gasteiger charge is 2.11. The third kappa shape index (κ3) is 2.74. The summed E-state index contributed by atoms with van der Waals surface area (Å²) in [6, 6.07) is 13.4. The third-order valence-corrected chi connectivity index (χ3v) is 4.49. The average molecular weight is 282 g/mol. The molecule has 102 valence electrons. The quantitative estimate of drug-likeness (QED) is 0.779. The molecule has 0 fully saturated rings. The van der Waals surface area contributed by atoms with Crippen molar-refractivity contribution in [3.05, 3.63) is 64.7 Å². The molecule has 1 atom stereocenters. The van der Waals surface area contributed by atoms with Crippen molar-refractivity contribution in [1.29, 1.82) is 0 Å². The van der Waals surface area contributed by atoms with Gasteiger partial charge < -0.3 is 5.32 Å². The Morgan fingerprint density at radius 2 is 2.00 bits per heavy atom. The number of aromatic nitrogens is 1. The lowest BCUT2D eigenvalue weighted by molar-refractivity contribution is 0.591. The van der Waals surface area contributed by atoms with Gasteiger partial charge in [0.2, 0.25) is 0 Å². The summed E-state index contributed by atoms with van der Waals surface area (Å²) < 4.78 is 1.26. The molecule has 1 aromatic carbocycles. The molecule has 3 rings (SSSR count). The highest BCUT2D eigenvalue weighted by atomic mass is 32.1. The van der Waals surface area contributed by atoms with Crippen LogP contribution in [-0.4, -0.2) is 12.0 Å². The normalized spacial score (nSPS) is 12.7. The van der Waals surface area contributed by atoms with E-state index in [-0.39, 0.29) is 0 Å². The number of nitrogens with zero attached hydrogens (tertiary/aromatic N) is 1. The molecule has 3 aromatic rings. The summed E-state index contributed by atoms with van der Waals surface area (Å²) in [6.45, 7) is 2.12. The van der Waals surface area contributed by atoms with Crippen LogP contribution in [0.25, 0.3) is 10.2 Å². The van der Waals surface area contributed by atoms with Gasteiger partial charge in [0.25, 0.3) is 0 Å². The van der Waals surface area contributed by atoms with Gasteiger partial charge in [0.15, 0.2) is 0 Å². The maximum atomic E-state index is 4.54. The van der Waals surface area contributed by atoms with Gasteiger partial charge in [-0.1, -0.05) is 29.8 Å². The molecule has 2 heterocycles. The molecule has 0 spiro atoms. The summed E-state index contributed by atoms with van der Waals surface area (Å²) >= 11 is 1.75. The first-order valence-corrected chi connectivity index (χ1v) is 7.70. The van der Waals surface area contributed by atoms with Gasteiger partial charge in [-0.2, -0.15) is 0 Å². The predicted molar refractivity (Wildman–Crippen MR) is 86.3 cm³/mol. The lowest BCUT2D eigenvalue weighted by Gasteiger charge is -2.16. The molecule has 20 heavy (non-hydrogen) atoms. The SMILES string of the molecule is CNC(Cc1ccc(C)cc1)c1cnc2ccsc2c1. The molecule has 0 aliphatic rings. The second kappa shape index (κ2) is 5.73. The topological polar surface area (TPSA) is 24.9 Å². The zero-order valence-corrected chi connectivity index (χ0v) is 12.6. The van der Waals surface area contributed by atoms with E-state index in [2.05, 4.69) is 59.0 Å². The van der Waals surface area contributed by atoms with E-state index in [1.54, 1.807) is 11.3 Å². The number of hydrogen-bond donors (Lipinski definition) is 1. The molecule has 2 aromatic heterocycles. The van der Waals surface area contributed by atoms with Gasteiger partial charge in [-0.05, 0) is 49.0 Å². The van der Waals surface area contributed by atoms with Crippen molar-refractivity contribution in [2.75, 3.05) is 7.05 Å². The van der Waals surface area contributed by atoms with E-state index in [0.717, 1.165) is 11.9 Å². The fraction of sp³-hybridized carbons (Fsp3) is 0.235. The third-order valence-electron chi connectivity index (χ3n) is 3.64. The Bertz CT molecular complexity index is 700. The molecule has 3 heteroatoms. The number of fused-ring (bicyclic) bond motifs is 1. The Hall–Kier alpha value is -1.71. The second-order valence-electron chi connectivity index (χ2n) is 5.10. The van der Waals surface area contributed by atoms with Gasteiger partial charge in [0.05, 0.1) is 10.2 Å². The first-order valence-electron chi connectivity index (χ1n) is 6.82. The Balaban J connectivity index is 1.86. The summed E-state index contributed by atoms with van der Waals surface area (Å²) in [5.74, 6) is 0. The van der Waals surface area contributed by atoms with Gasteiger partial charge in [-0.25, -0.2) is 0 Å². The van der Waals surface area contributed by atoms with E-state index in [0.29, 0.717) is 6.04 Å².